The molecule has 0 saturated carbocycles. The summed E-state index contributed by atoms with van der Waals surface area (Å²) in [4.78, 5) is 0. The third-order valence-corrected chi connectivity index (χ3v) is 5.23. The number of hydrogen-bond acceptors (Lipinski definition) is 3. The third-order valence-electron chi connectivity index (χ3n) is 3.34. The van der Waals surface area contributed by atoms with Crippen molar-refractivity contribution in [1.82, 2.24) is 9.62 Å². The Kier molecular flexibility index (Phi) is 5.21. The number of piperidine rings is 1. The molecular weight excluding hydrogens is 224 g/mol. The van der Waals surface area contributed by atoms with E-state index in [0.717, 1.165) is 19.3 Å². The van der Waals surface area contributed by atoms with Gasteiger partial charge in [-0.25, -0.2) is 12.7 Å². The zero-order valence-corrected chi connectivity index (χ0v) is 11.4. The summed E-state index contributed by atoms with van der Waals surface area (Å²) in [6, 6.07) is 1.01. The van der Waals surface area contributed by atoms with E-state index >= 15 is 0 Å². The summed E-state index contributed by atoms with van der Waals surface area (Å²) in [5.74, 6) is 0.219. The number of rotatable bonds is 5. The molecule has 1 atom stereocenters. The van der Waals surface area contributed by atoms with Crippen LogP contribution >= 0.6 is 0 Å². The lowest BCUT2D eigenvalue weighted by Gasteiger charge is -2.32. The number of sulfonamides is 1. The first-order valence-electron chi connectivity index (χ1n) is 6.23. The molecule has 4 nitrogen and oxygen atoms in total. The van der Waals surface area contributed by atoms with Gasteiger partial charge in [-0.2, -0.15) is 0 Å². The molecular formula is C11H24N2O2S. The van der Waals surface area contributed by atoms with Crippen molar-refractivity contribution in [3.63, 3.8) is 0 Å². The van der Waals surface area contributed by atoms with Crippen LogP contribution in [-0.2, 0) is 10.0 Å². The van der Waals surface area contributed by atoms with Crippen LogP contribution in [0.1, 0.15) is 40.0 Å². The minimum Gasteiger partial charge on any atom is -0.311 e. The second-order valence-corrected chi connectivity index (χ2v) is 6.81. The molecule has 1 aliphatic heterocycles. The second kappa shape index (κ2) is 5.98. The Balaban J connectivity index is 2.40. The van der Waals surface area contributed by atoms with Crippen molar-refractivity contribution in [1.29, 1.82) is 0 Å². The molecule has 0 aliphatic carbocycles. The first-order valence-corrected chi connectivity index (χ1v) is 7.84. The van der Waals surface area contributed by atoms with Gasteiger partial charge in [0.1, 0.15) is 0 Å². The molecule has 1 heterocycles. The van der Waals surface area contributed by atoms with Crippen molar-refractivity contribution in [2.24, 2.45) is 0 Å². The smallest absolute Gasteiger partial charge is 0.213 e. The van der Waals surface area contributed by atoms with Crippen LogP contribution in [0.5, 0.6) is 0 Å². The molecule has 96 valence electrons. The maximum Gasteiger partial charge on any atom is 0.213 e. The summed E-state index contributed by atoms with van der Waals surface area (Å²) in [7, 11) is -2.97. The lowest BCUT2D eigenvalue weighted by atomic mass is 10.1. The molecule has 0 aromatic carbocycles. The largest absolute Gasteiger partial charge is 0.311 e. The third kappa shape index (κ3) is 3.71. The molecule has 1 aliphatic rings. The van der Waals surface area contributed by atoms with E-state index in [1.807, 2.05) is 0 Å². The van der Waals surface area contributed by atoms with Crippen molar-refractivity contribution >= 4 is 10.0 Å². The Morgan fingerprint density at radius 2 is 1.88 bits per heavy atom. The highest BCUT2D eigenvalue weighted by Crippen LogP contribution is 2.15. The molecule has 0 radical (unpaired) electrons. The molecule has 16 heavy (non-hydrogen) atoms. The van der Waals surface area contributed by atoms with E-state index < -0.39 is 10.0 Å². The van der Waals surface area contributed by atoms with E-state index in [1.165, 1.54) is 0 Å². The van der Waals surface area contributed by atoms with Crippen LogP contribution < -0.4 is 5.32 Å². The average Bonchev–Trinajstić information content (AvgIpc) is 2.29. The molecule has 1 saturated heterocycles. The zero-order chi connectivity index (χ0) is 12.2. The van der Waals surface area contributed by atoms with Gasteiger partial charge in [0.25, 0.3) is 0 Å². The summed E-state index contributed by atoms with van der Waals surface area (Å²) >= 11 is 0. The fourth-order valence-corrected chi connectivity index (χ4v) is 3.14. The summed E-state index contributed by atoms with van der Waals surface area (Å²) in [6.07, 6.45) is 2.99. The molecule has 1 N–H and O–H groups in total. The Bertz CT molecular complexity index is 295. The van der Waals surface area contributed by atoms with Crippen LogP contribution in [0.2, 0.25) is 0 Å². The van der Waals surface area contributed by atoms with Gasteiger partial charge in [0.2, 0.25) is 10.0 Å². The van der Waals surface area contributed by atoms with E-state index in [9.17, 15) is 8.42 Å². The van der Waals surface area contributed by atoms with Crippen LogP contribution in [0.4, 0.5) is 0 Å². The van der Waals surface area contributed by atoms with Gasteiger partial charge in [-0.15, -0.1) is 0 Å². The van der Waals surface area contributed by atoms with Gasteiger partial charge in [0.05, 0.1) is 5.75 Å². The van der Waals surface area contributed by atoms with E-state index in [1.54, 1.807) is 11.2 Å². The second-order valence-electron chi connectivity index (χ2n) is 4.55. The molecule has 0 amide bonds. The Morgan fingerprint density at radius 1 is 1.31 bits per heavy atom. The highest BCUT2D eigenvalue weighted by molar-refractivity contribution is 7.89. The van der Waals surface area contributed by atoms with Crippen molar-refractivity contribution in [2.75, 3.05) is 18.8 Å². The van der Waals surface area contributed by atoms with Gasteiger partial charge in [-0.3, -0.25) is 0 Å². The number of nitrogens with one attached hydrogen (secondary N) is 1. The molecule has 0 aromatic heterocycles. The van der Waals surface area contributed by atoms with Gasteiger partial charge in [0, 0.05) is 25.2 Å². The Morgan fingerprint density at radius 3 is 2.31 bits per heavy atom. The van der Waals surface area contributed by atoms with E-state index in [0.29, 0.717) is 25.2 Å². The summed E-state index contributed by atoms with van der Waals surface area (Å²) in [5, 5.41) is 3.54. The molecule has 1 fully saturated rings. The van der Waals surface area contributed by atoms with Gasteiger partial charge < -0.3 is 5.32 Å². The summed E-state index contributed by atoms with van der Waals surface area (Å²) < 4.78 is 24.9. The normalized spacial score (nSPS) is 22.2. The van der Waals surface area contributed by atoms with E-state index in [2.05, 4.69) is 19.2 Å². The van der Waals surface area contributed by atoms with Gasteiger partial charge in [0.15, 0.2) is 0 Å². The van der Waals surface area contributed by atoms with Crippen molar-refractivity contribution < 1.29 is 8.42 Å². The van der Waals surface area contributed by atoms with Crippen molar-refractivity contribution in [3.8, 4) is 0 Å². The lowest BCUT2D eigenvalue weighted by Crippen LogP contribution is -2.47. The summed E-state index contributed by atoms with van der Waals surface area (Å²) in [5.41, 5.74) is 0. The van der Waals surface area contributed by atoms with Crippen LogP contribution in [0.25, 0.3) is 0 Å². The molecule has 5 heteroatoms. The first kappa shape index (κ1) is 13.9. The van der Waals surface area contributed by atoms with Crippen LogP contribution in [0, 0.1) is 0 Å². The minimum atomic E-state index is -2.97. The van der Waals surface area contributed by atoms with Gasteiger partial charge >= 0.3 is 0 Å². The predicted octanol–water partition coefficient (Wildman–Crippen LogP) is 1.19. The minimum absolute atomic E-state index is 0.219. The molecule has 1 unspecified atom stereocenters. The fourth-order valence-electron chi connectivity index (χ4n) is 2.00. The average molecular weight is 248 g/mol. The molecule has 1 rings (SSSR count). The van der Waals surface area contributed by atoms with Crippen molar-refractivity contribution in [3.05, 3.63) is 0 Å². The summed E-state index contributed by atoms with van der Waals surface area (Å²) in [6.45, 7) is 7.39. The van der Waals surface area contributed by atoms with E-state index in [4.69, 9.17) is 0 Å². The molecule has 0 spiro atoms. The monoisotopic (exact) mass is 248 g/mol. The fraction of sp³-hybridized carbons (Fsp3) is 1.00. The van der Waals surface area contributed by atoms with Crippen LogP contribution in [0.15, 0.2) is 0 Å². The lowest BCUT2D eigenvalue weighted by molar-refractivity contribution is 0.275. The van der Waals surface area contributed by atoms with Gasteiger partial charge in [-0.05, 0) is 33.1 Å². The van der Waals surface area contributed by atoms with E-state index in [-0.39, 0.29) is 5.75 Å². The highest BCUT2D eigenvalue weighted by Gasteiger charge is 2.26. The number of hydrogen-bond donors (Lipinski definition) is 1. The maximum absolute atomic E-state index is 11.6. The van der Waals surface area contributed by atoms with Crippen LogP contribution in [0.3, 0.4) is 0 Å². The van der Waals surface area contributed by atoms with Gasteiger partial charge in [-0.1, -0.05) is 6.92 Å². The highest BCUT2D eigenvalue weighted by atomic mass is 32.2. The SMILES string of the molecule is CCC(C)NC1CCN(S(=O)(=O)CC)CC1. The Labute approximate surface area is 99.5 Å². The maximum atomic E-state index is 11.6. The molecule has 0 bridgehead atoms. The quantitative estimate of drug-likeness (QED) is 0.795. The zero-order valence-electron chi connectivity index (χ0n) is 10.6. The van der Waals surface area contributed by atoms with Crippen LogP contribution in [-0.4, -0.2) is 43.6 Å². The topological polar surface area (TPSA) is 49.4 Å². The number of nitrogens with zero attached hydrogens (tertiary/aromatic N) is 1. The Hall–Kier alpha value is -0.130. The molecule has 0 aromatic rings. The predicted molar refractivity (Wildman–Crippen MR) is 66.9 cm³/mol. The first-order chi connectivity index (χ1) is 7.49. The standard InChI is InChI=1S/C11H24N2O2S/c1-4-10(3)12-11-6-8-13(9-7-11)16(14,15)5-2/h10-12H,4-9H2,1-3H3. The van der Waals surface area contributed by atoms with Crippen molar-refractivity contribution in [2.45, 2.75) is 52.1 Å².